The smallest absolute Gasteiger partial charge is 0.310 e. The molecule has 0 aromatic heterocycles. The zero-order chi connectivity index (χ0) is 28.4. The van der Waals surface area contributed by atoms with Gasteiger partial charge >= 0.3 is 5.97 Å². The maximum absolute atomic E-state index is 14.2. The number of Topliss-reactive ketones (excluding diaryl/α,β-unsaturated/α-hetero) is 2. The molecule has 0 amide bonds. The van der Waals surface area contributed by atoms with E-state index < -0.39 is 40.8 Å². The fraction of sp³-hybridized carbons (Fsp3) is 0.233. The van der Waals surface area contributed by atoms with Crippen LogP contribution in [0.5, 0.6) is 0 Å². The average molecular weight is 551 g/mol. The van der Waals surface area contributed by atoms with Crippen molar-refractivity contribution < 1.29 is 37.2 Å². The third kappa shape index (κ3) is 5.40. The van der Waals surface area contributed by atoms with Crippen LogP contribution in [0.25, 0.3) is 17.2 Å². The lowest BCUT2D eigenvalue weighted by atomic mass is 9.93. The van der Waals surface area contributed by atoms with Gasteiger partial charge in [0.1, 0.15) is 12.4 Å². The maximum Gasteiger partial charge on any atom is 0.310 e. The number of halogens is 1. The maximum atomic E-state index is 14.2. The molecule has 0 saturated carbocycles. The van der Waals surface area contributed by atoms with Crippen molar-refractivity contribution in [3.63, 3.8) is 0 Å². The molecule has 202 valence electrons. The van der Waals surface area contributed by atoms with Crippen molar-refractivity contribution >= 4 is 45.6 Å². The summed E-state index contributed by atoms with van der Waals surface area (Å²) in [6.45, 7) is 2.90. The van der Waals surface area contributed by atoms with Crippen LogP contribution in [0.4, 0.5) is 4.39 Å². The summed E-state index contributed by atoms with van der Waals surface area (Å²) < 4.78 is 41.4. The van der Waals surface area contributed by atoms with E-state index in [-0.39, 0.29) is 29.1 Å². The SMILES string of the molecule is COC1=C(OC)C(=O)C(COC(=O)CC2=C(C)/C(=C/c3ccc(S(C)=O)cc3)c3cc(F)ccc32)=C(C)C1=O. The van der Waals surface area contributed by atoms with E-state index in [9.17, 15) is 23.0 Å². The molecular formula is C30H27FO7S. The summed E-state index contributed by atoms with van der Waals surface area (Å²) in [5.74, 6) is -2.55. The van der Waals surface area contributed by atoms with Crippen LogP contribution in [0.3, 0.4) is 0 Å². The third-order valence-electron chi connectivity index (χ3n) is 6.77. The zero-order valence-electron chi connectivity index (χ0n) is 22.2. The number of hydrogen-bond acceptors (Lipinski definition) is 7. The second-order valence-corrected chi connectivity index (χ2v) is 10.4. The van der Waals surface area contributed by atoms with Crippen LogP contribution in [-0.4, -0.2) is 48.8 Å². The molecule has 0 saturated heterocycles. The van der Waals surface area contributed by atoms with Crippen LogP contribution in [-0.2, 0) is 39.4 Å². The van der Waals surface area contributed by atoms with Gasteiger partial charge < -0.3 is 14.2 Å². The van der Waals surface area contributed by atoms with Crippen LogP contribution in [0.1, 0.15) is 37.0 Å². The van der Waals surface area contributed by atoms with Gasteiger partial charge in [0.05, 0.1) is 20.6 Å². The summed E-state index contributed by atoms with van der Waals surface area (Å²) in [5.41, 5.74) is 4.52. The highest BCUT2D eigenvalue weighted by Gasteiger charge is 2.35. The minimum atomic E-state index is -1.11. The minimum Gasteiger partial charge on any atom is -0.489 e. The Bertz CT molecular complexity index is 1540. The van der Waals surface area contributed by atoms with Gasteiger partial charge in [0.15, 0.2) is 0 Å². The molecule has 39 heavy (non-hydrogen) atoms. The number of methoxy groups -OCH3 is 2. The first-order valence-corrected chi connectivity index (χ1v) is 13.6. The molecule has 0 bridgehead atoms. The van der Waals surface area contributed by atoms with E-state index in [4.69, 9.17) is 14.2 Å². The van der Waals surface area contributed by atoms with E-state index in [1.165, 1.54) is 33.3 Å². The highest BCUT2D eigenvalue weighted by molar-refractivity contribution is 7.84. The second kappa shape index (κ2) is 11.3. The lowest BCUT2D eigenvalue weighted by Crippen LogP contribution is -2.27. The molecule has 1 unspecified atom stereocenters. The summed E-state index contributed by atoms with van der Waals surface area (Å²) in [6, 6.07) is 11.6. The number of hydrogen-bond donors (Lipinski definition) is 0. The number of rotatable bonds is 8. The van der Waals surface area contributed by atoms with Crippen molar-refractivity contribution in [2.75, 3.05) is 27.1 Å². The van der Waals surface area contributed by atoms with Crippen molar-refractivity contribution in [1.82, 2.24) is 0 Å². The molecule has 2 aromatic carbocycles. The summed E-state index contributed by atoms with van der Waals surface area (Å²) in [5, 5.41) is 0. The van der Waals surface area contributed by atoms with Gasteiger partial charge in [-0.25, -0.2) is 4.39 Å². The molecule has 2 aromatic rings. The van der Waals surface area contributed by atoms with Gasteiger partial charge in [-0.15, -0.1) is 0 Å². The molecule has 0 spiro atoms. The van der Waals surface area contributed by atoms with E-state index in [1.807, 2.05) is 25.1 Å². The zero-order valence-corrected chi connectivity index (χ0v) is 23.0. The number of benzene rings is 2. The first-order valence-electron chi connectivity index (χ1n) is 12.0. The Morgan fingerprint density at radius 3 is 2.15 bits per heavy atom. The van der Waals surface area contributed by atoms with Gasteiger partial charge in [-0.3, -0.25) is 18.6 Å². The summed E-state index contributed by atoms with van der Waals surface area (Å²) in [7, 11) is 1.42. The van der Waals surface area contributed by atoms with E-state index in [2.05, 4.69) is 0 Å². The molecule has 0 radical (unpaired) electrons. The summed E-state index contributed by atoms with van der Waals surface area (Å²) >= 11 is 0. The fourth-order valence-corrected chi connectivity index (χ4v) is 5.14. The lowest BCUT2D eigenvalue weighted by Gasteiger charge is -2.20. The average Bonchev–Trinajstić information content (AvgIpc) is 3.15. The number of carbonyl (C=O) groups is 3. The van der Waals surface area contributed by atoms with Gasteiger partial charge in [-0.2, -0.15) is 0 Å². The lowest BCUT2D eigenvalue weighted by molar-refractivity contribution is -0.141. The van der Waals surface area contributed by atoms with Crippen molar-refractivity contribution in [3.8, 4) is 0 Å². The quantitative estimate of drug-likeness (QED) is 0.344. The normalized spacial score (nSPS) is 17.1. The number of ether oxygens (including phenoxy) is 3. The molecule has 0 heterocycles. The molecule has 9 heteroatoms. The Balaban J connectivity index is 1.59. The monoisotopic (exact) mass is 550 g/mol. The van der Waals surface area contributed by atoms with Gasteiger partial charge in [-0.1, -0.05) is 18.2 Å². The van der Waals surface area contributed by atoms with Crippen LogP contribution in [0, 0.1) is 5.82 Å². The van der Waals surface area contributed by atoms with E-state index in [0.717, 1.165) is 16.7 Å². The molecule has 0 aliphatic heterocycles. The first-order chi connectivity index (χ1) is 18.6. The molecule has 2 aliphatic rings. The molecular weight excluding hydrogens is 523 g/mol. The predicted molar refractivity (Wildman–Crippen MR) is 145 cm³/mol. The van der Waals surface area contributed by atoms with E-state index in [0.29, 0.717) is 21.6 Å². The van der Waals surface area contributed by atoms with Crippen LogP contribution >= 0.6 is 0 Å². The van der Waals surface area contributed by atoms with E-state index in [1.54, 1.807) is 24.5 Å². The third-order valence-corrected chi connectivity index (χ3v) is 7.71. The molecule has 2 aliphatic carbocycles. The standard InChI is InChI=1S/C30H27FO7S/c1-16-22(12-18-6-9-20(10-7-18)39(5)35)24-13-19(31)8-11-21(24)23(16)14-26(32)38-15-25-17(2)27(33)29(36-3)30(37-4)28(25)34/h6-13H,14-15H2,1-5H3/b22-12-. The Hall–Kier alpha value is -4.11. The van der Waals surface area contributed by atoms with Crippen LogP contribution in [0.15, 0.2) is 75.6 Å². The Kier molecular flexibility index (Phi) is 8.11. The summed E-state index contributed by atoms with van der Waals surface area (Å²) in [4.78, 5) is 39.0. The minimum absolute atomic E-state index is 0.0163. The molecule has 0 fully saturated rings. The van der Waals surface area contributed by atoms with Crippen molar-refractivity contribution in [2.45, 2.75) is 25.2 Å². The predicted octanol–water partition coefficient (Wildman–Crippen LogP) is 4.80. The number of ketones is 2. The molecule has 7 nitrogen and oxygen atoms in total. The van der Waals surface area contributed by atoms with E-state index >= 15 is 0 Å². The molecule has 4 rings (SSSR count). The van der Waals surface area contributed by atoms with Crippen molar-refractivity contribution in [2.24, 2.45) is 0 Å². The number of allylic oxidation sites excluding steroid dienone is 4. The highest BCUT2D eigenvalue weighted by atomic mass is 32.2. The van der Waals surface area contributed by atoms with Gasteiger partial charge in [0.25, 0.3) is 0 Å². The Labute approximate surface area is 228 Å². The highest BCUT2D eigenvalue weighted by Crippen LogP contribution is 2.44. The fourth-order valence-electron chi connectivity index (χ4n) is 4.62. The van der Waals surface area contributed by atoms with Crippen LogP contribution in [0.2, 0.25) is 0 Å². The Morgan fingerprint density at radius 1 is 0.897 bits per heavy atom. The van der Waals surface area contributed by atoms with Gasteiger partial charge in [0, 0.05) is 33.1 Å². The van der Waals surface area contributed by atoms with Gasteiger partial charge in [-0.05, 0) is 77.6 Å². The van der Waals surface area contributed by atoms with Gasteiger partial charge in [0.2, 0.25) is 23.1 Å². The van der Waals surface area contributed by atoms with Crippen LogP contribution < -0.4 is 0 Å². The molecule has 1 atom stereocenters. The number of fused-ring (bicyclic) bond motifs is 1. The van der Waals surface area contributed by atoms with Crippen molar-refractivity contribution in [1.29, 1.82) is 0 Å². The first kappa shape index (κ1) is 27.9. The topological polar surface area (TPSA) is 96.0 Å². The summed E-state index contributed by atoms with van der Waals surface area (Å²) in [6.07, 6.45) is 3.37. The molecule has 0 N–H and O–H groups in total. The number of esters is 1. The number of carbonyl (C=O) groups excluding carboxylic acids is 3. The largest absolute Gasteiger partial charge is 0.489 e. The Morgan fingerprint density at radius 2 is 1.54 bits per heavy atom. The second-order valence-electron chi connectivity index (χ2n) is 9.04. The van der Waals surface area contributed by atoms with Crippen molar-refractivity contribution in [3.05, 3.63) is 93.2 Å².